The van der Waals surface area contributed by atoms with Gasteiger partial charge < -0.3 is 16.4 Å². The quantitative estimate of drug-likeness (QED) is 0.743. The third kappa shape index (κ3) is 4.24. The standard InChI is InChI=1S/C16H22ClN5/c1-10(2)6-7-19-15-14(18)16(21-9-20-15)22-13-8-12(17)5-4-11(13)3/h4-5,8-10H,6-7,18H2,1-3H3,(H2,19,20,21,22). The Balaban J connectivity index is 2.16. The number of nitrogens with two attached hydrogens (primary N) is 1. The van der Waals surface area contributed by atoms with Crippen molar-refractivity contribution >= 4 is 34.6 Å². The molecule has 5 nitrogen and oxygen atoms in total. The van der Waals surface area contributed by atoms with Crippen molar-refractivity contribution < 1.29 is 0 Å². The highest BCUT2D eigenvalue weighted by Crippen LogP contribution is 2.28. The number of aryl methyl sites for hydroxylation is 1. The van der Waals surface area contributed by atoms with Crippen molar-refractivity contribution in [1.29, 1.82) is 0 Å². The Hall–Kier alpha value is -2.01. The van der Waals surface area contributed by atoms with Crippen molar-refractivity contribution in [2.75, 3.05) is 22.9 Å². The minimum Gasteiger partial charge on any atom is -0.393 e. The van der Waals surface area contributed by atoms with Crippen LogP contribution in [0.2, 0.25) is 5.02 Å². The molecule has 0 unspecified atom stereocenters. The molecule has 22 heavy (non-hydrogen) atoms. The monoisotopic (exact) mass is 319 g/mol. The van der Waals surface area contributed by atoms with Crippen LogP contribution in [0.5, 0.6) is 0 Å². The van der Waals surface area contributed by atoms with Crippen LogP contribution in [0.3, 0.4) is 0 Å². The van der Waals surface area contributed by atoms with Gasteiger partial charge in [0.15, 0.2) is 11.6 Å². The molecule has 0 radical (unpaired) electrons. The Morgan fingerprint density at radius 1 is 1.23 bits per heavy atom. The van der Waals surface area contributed by atoms with Gasteiger partial charge in [0.2, 0.25) is 0 Å². The lowest BCUT2D eigenvalue weighted by atomic mass is 10.1. The van der Waals surface area contributed by atoms with Crippen LogP contribution in [-0.4, -0.2) is 16.5 Å². The van der Waals surface area contributed by atoms with Crippen LogP contribution in [-0.2, 0) is 0 Å². The summed E-state index contributed by atoms with van der Waals surface area (Å²) in [4.78, 5) is 8.42. The maximum Gasteiger partial charge on any atom is 0.159 e. The summed E-state index contributed by atoms with van der Waals surface area (Å²) in [7, 11) is 0. The van der Waals surface area contributed by atoms with E-state index in [2.05, 4.69) is 34.4 Å². The molecule has 6 heteroatoms. The summed E-state index contributed by atoms with van der Waals surface area (Å²) < 4.78 is 0. The average molecular weight is 320 g/mol. The molecule has 0 aliphatic carbocycles. The molecule has 2 rings (SSSR count). The van der Waals surface area contributed by atoms with Crippen molar-refractivity contribution in [3.63, 3.8) is 0 Å². The molecule has 0 aliphatic heterocycles. The zero-order chi connectivity index (χ0) is 16.1. The van der Waals surface area contributed by atoms with Gasteiger partial charge in [-0.15, -0.1) is 0 Å². The molecule has 1 heterocycles. The van der Waals surface area contributed by atoms with E-state index < -0.39 is 0 Å². The number of hydrogen-bond donors (Lipinski definition) is 3. The second-order valence-electron chi connectivity index (χ2n) is 5.68. The van der Waals surface area contributed by atoms with Crippen molar-refractivity contribution in [3.8, 4) is 0 Å². The number of nitrogens with zero attached hydrogens (tertiary/aromatic N) is 2. The van der Waals surface area contributed by atoms with E-state index in [0.29, 0.717) is 28.3 Å². The van der Waals surface area contributed by atoms with Crippen molar-refractivity contribution in [2.24, 2.45) is 5.92 Å². The summed E-state index contributed by atoms with van der Waals surface area (Å²) in [6.07, 6.45) is 2.55. The number of rotatable bonds is 6. The van der Waals surface area contributed by atoms with Crippen LogP contribution in [0.1, 0.15) is 25.8 Å². The minimum atomic E-state index is 0.505. The van der Waals surface area contributed by atoms with Gasteiger partial charge in [-0.3, -0.25) is 0 Å². The molecule has 0 spiro atoms. The number of hydrogen-bond acceptors (Lipinski definition) is 5. The van der Waals surface area contributed by atoms with E-state index in [1.54, 1.807) is 0 Å². The number of aromatic nitrogens is 2. The molecular weight excluding hydrogens is 298 g/mol. The highest BCUT2D eigenvalue weighted by molar-refractivity contribution is 6.30. The SMILES string of the molecule is Cc1ccc(Cl)cc1Nc1ncnc(NCCC(C)C)c1N. The maximum absolute atomic E-state index is 6.15. The molecule has 0 bridgehead atoms. The molecule has 118 valence electrons. The second kappa shape index (κ2) is 7.31. The van der Waals surface area contributed by atoms with Gasteiger partial charge in [0.1, 0.15) is 12.0 Å². The summed E-state index contributed by atoms with van der Waals surface area (Å²) >= 11 is 6.04. The lowest BCUT2D eigenvalue weighted by Gasteiger charge is -2.14. The summed E-state index contributed by atoms with van der Waals surface area (Å²) in [5.41, 5.74) is 8.61. The Morgan fingerprint density at radius 3 is 2.68 bits per heavy atom. The summed E-state index contributed by atoms with van der Waals surface area (Å²) in [5, 5.41) is 7.14. The number of halogens is 1. The normalized spacial score (nSPS) is 10.8. The first kappa shape index (κ1) is 16.4. The predicted octanol–water partition coefficient (Wildman–Crippen LogP) is 4.22. The van der Waals surface area contributed by atoms with Crippen molar-refractivity contribution in [1.82, 2.24) is 9.97 Å². The number of nitrogens with one attached hydrogen (secondary N) is 2. The fraction of sp³-hybridized carbons (Fsp3) is 0.375. The van der Waals surface area contributed by atoms with E-state index in [0.717, 1.165) is 24.2 Å². The molecule has 1 aromatic carbocycles. The molecular formula is C16H22ClN5. The molecule has 1 aromatic heterocycles. The smallest absolute Gasteiger partial charge is 0.159 e. The third-order valence-corrected chi connectivity index (χ3v) is 3.59. The van der Waals surface area contributed by atoms with Crippen LogP contribution >= 0.6 is 11.6 Å². The van der Waals surface area contributed by atoms with Gasteiger partial charge in [-0.2, -0.15) is 0 Å². The molecule has 0 amide bonds. The fourth-order valence-corrected chi connectivity index (χ4v) is 2.14. The van der Waals surface area contributed by atoms with E-state index in [4.69, 9.17) is 17.3 Å². The van der Waals surface area contributed by atoms with Crippen LogP contribution in [0.25, 0.3) is 0 Å². The topological polar surface area (TPSA) is 75.9 Å². The molecule has 0 aliphatic rings. The number of nitrogen functional groups attached to an aromatic ring is 1. The van der Waals surface area contributed by atoms with E-state index >= 15 is 0 Å². The highest BCUT2D eigenvalue weighted by Gasteiger charge is 2.09. The first-order valence-corrected chi connectivity index (χ1v) is 7.72. The maximum atomic E-state index is 6.15. The fourth-order valence-electron chi connectivity index (χ4n) is 1.97. The Morgan fingerprint density at radius 2 is 1.95 bits per heavy atom. The van der Waals surface area contributed by atoms with Gasteiger partial charge in [-0.25, -0.2) is 9.97 Å². The average Bonchev–Trinajstić information content (AvgIpc) is 2.46. The molecule has 4 N–H and O–H groups in total. The third-order valence-electron chi connectivity index (χ3n) is 3.35. The van der Waals surface area contributed by atoms with Crippen molar-refractivity contribution in [3.05, 3.63) is 35.1 Å². The Kier molecular flexibility index (Phi) is 5.44. The van der Waals surface area contributed by atoms with Gasteiger partial charge in [0, 0.05) is 17.3 Å². The van der Waals surface area contributed by atoms with Crippen molar-refractivity contribution in [2.45, 2.75) is 27.2 Å². The molecule has 0 atom stereocenters. The zero-order valence-corrected chi connectivity index (χ0v) is 13.9. The van der Waals surface area contributed by atoms with E-state index in [-0.39, 0.29) is 0 Å². The predicted molar refractivity (Wildman–Crippen MR) is 93.9 cm³/mol. The van der Waals surface area contributed by atoms with Crippen LogP contribution in [0, 0.1) is 12.8 Å². The van der Waals surface area contributed by atoms with Gasteiger partial charge in [0.05, 0.1) is 0 Å². The van der Waals surface area contributed by atoms with Gasteiger partial charge >= 0.3 is 0 Å². The molecule has 0 saturated heterocycles. The van der Waals surface area contributed by atoms with Crippen LogP contribution in [0.15, 0.2) is 24.5 Å². The van der Waals surface area contributed by atoms with E-state index in [9.17, 15) is 0 Å². The highest BCUT2D eigenvalue weighted by atomic mass is 35.5. The minimum absolute atomic E-state index is 0.505. The Bertz CT molecular complexity index is 642. The number of benzene rings is 1. The first-order valence-electron chi connectivity index (χ1n) is 7.35. The largest absolute Gasteiger partial charge is 0.393 e. The summed E-state index contributed by atoms with van der Waals surface area (Å²) in [6, 6.07) is 5.65. The second-order valence-corrected chi connectivity index (χ2v) is 6.11. The lowest BCUT2D eigenvalue weighted by molar-refractivity contribution is 0.606. The number of anilines is 4. The summed E-state index contributed by atoms with van der Waals surface area (Å²) in [5.74, 6) is 1.85. The van der Waals surface area contributed by atoms with Crippen LogP contribution in [0.4, 0.5) is 23.0 Å². The first-order chi connectivity index (χ1) is 10.5. The Labute approximate surface area is 136 Å². The molecule has 0 saturated carbocycles. The lowest BCUT2D eigenvalue weighted by Crippen LogP contribution is -2.10. The molecule has 0 fully saturated rings. The van der Waals surface area contributed by atoms with Gasteiger partial charge in [-0.1, -0.05) is 31.5 Å². The van der Waals surface area contributed by atoms with Gasteiger partial charge in [0.25, 0.3) is 0 Å². The molecule has 2 aromatic rings. The van der Waals surface area contributed by atoms with Crippen LogP contribution < -0.4 is 16.4 Å². The summed E-state index contributed by atoms with van der Waals surface area (Å²) in [6.45, 7) is 7.19. The van der Waals surface area contributed by atoms with E-state index in [1.807, 2.05) is 25.1 Å². The van der Waals surface area contributed by atoms with Gasteiger partial charge in [-0.05, 0) is 37.0 Å². The zero-order valence-electron chi connectivity index (χ0n) is 13.2. The van der Waals surface area contributed by atoms with E-state index in [1.165, 1.54) is 6.33 Å².